The van der Waals surface area contributed by atoms with Gasteiger partial charge >= 0.3 is 0 Å². The van der Waals surface area contributed by atoms with Gasteiger partial charge in [0.15, 0.2) is 5.82 Å². The molecule has 2 aromatic heterocycles. The number of rotatable bonds is 4. The molecule has 0 amide bonds. The van der Waals surface area contributed by atoms with Crippen LogP contribution in [0.1, 0.15) is 6.92 Å². The molecule has 1 fully saturated rings. The Bertz CT molecular complexity index is 576. The average molecular weight is 259 g/mol. The third-order valence-electron chi connectivity index (χ3n) is 3.33. The molecule has 0 aliphatic carbocycles. The summed E-state index contributed by atoms with van der Waals surface area (Å²) in [7, 11) is 1.92. The van der Waals surface area contributed by atoms with Crippen molar-refractivity contribution >= 4 is 5.69 Å². The van der Waals surface area contributed by atoms with Gasteiger partial charge in [0.25, 0.3) is 0 Å². The van der Waals surface area contributed by atoms with Crippen LogP contribution >= 0.6 is 0 Å². The lowest BCUT2D eigenvalue weighted by Crippen LogP contribution is -2.45. The van der Waals surface area contributed by atoms with Crippen molar-refractivity contribution in [2.45, 2.75) is 6.92 Å². The van der Waals surface area contributed by atoms with Gasteiger partial charge in [-0.3, -0.25) is 4.98 Å². The zero-order chi connectivity index (χ0) is 13.3. The van der Waals surface area contributed by atoms with Crippen LogP contribution in [-0.4, -0.2) is 39.5 Å². The van der Waals surface area contributed by atoms with E-state index in [9.17, 15) is 0 Å². The lowest BCUT2D eigenvalue weighted by Gasteiger charge is -2.38. The van der Waals surface area contributed by atoms with E-state index in [2.05, 4.69) is 27.4 Å². The van der Waals surface area contributed by atoms with Crippen LogP contribution in [0, 0.1) is 5.41 Å². The number of nitrogens with one attached hydrogen (secondary N) is 1. The molecule has 0 aromatic carbocycles. The Morgan fingerprint density at radius 3 is 2.89 bits per heavy atom. The largest absolute Gasteiger partial charge is 0.383 e. The van der Waals surface area contributed by atoms with Crippen LogP contribution in [-0.2, 0) is 11.8 Å². The van der Waals surface area contributed by atoms with Gasteiger partial charge in [0, 0.05) is 37.0 Å². The van der Waals surface area contributed by atoms with E-state index in [-0.39, 0.29) is 5.41 Å². The molecular formula is C13H17N5O. The number of hydrogen-bond donors (Lipinski definition) is 1. The Kier molecular flexibility index (Phi) is 2.94. The van der Waals surface area contributed by atoms with E-state index in [1.165, 1.54) is 0 Å². The Morgan fingerprint density at radius 2 is 2.26 bits per heavy atom. The van der Waals surface area contributed by atoms with Gasteiger partial charge in [0.05, 0.1) is 18.9 Å². The molecule has 0 radical (unpaired) electrons. The summed E-state index contributed by atoms with van der Waals surface area (Å²) >= 11 is 0. The number of hydrogen-bond acceptors (Lipinski definition) is 5. The Labute approximate surface area is 111 Å². The average Bonchev–Trinajstić information content (AvgIpc) is 2.81. The molecule has 0 bridgehead atoms. The smallest absolute Gasteiger partial charge is 0.165 e. The van der Waals surface area contributed by atoms with Gasteiger partial charge < -0.3 is 14.6 Å². The molecule has 1 N–H and O–H groups in total. The molecule has 1 saturated heterocycles. The van der Waals surface area contributed by atoms with Crippen LogP contribution < -0.4 is 5.32 Å². The van der Waals surface area contributed by atoms with Gasteiger partial charge in [-0.15, -0.1) is 10.2 Å². The summed E-state index contributed by atoms with van der Waals surface area (Å²) in [5.41, 5.74) is 2.19. The fourth-order valence-electron chi connectivity index (χ4n) is 2.07. The minimum atomic E-state index is 0.237. The molecule has 0 atom stereocenters. The van der Waals surface area contributed by atoms with Gasteiger partial charge in [-0.25, -0.2) is 0 Å². The Hall–Kier alpha value is -1.95. The summed E-state index contributed by atoms with van der Waals surface area (Å²) in [6.07, 6.45) is 5.30. The number of pyridine rings is 1. The summed E-state index contributed by atoms with van der Waals surface area (Å²) < 4.78 is 7.12. The van der Waals surface area contributed by atoms with Crippen LogP contribution in [0.3, 0.4) is 0 Å². The lowest BCUT2D eigenvalue weighted by molar-refractivity contribution is -0.0924. The summed E-state index contributed by atoms with van der Waals surface area (Å²) in [6.45, 7) is 4.73. The van der Waals surface area contributed by atoms with Crippen molar-refractivity contribution < 1.29 is 4.74 Å². The van der Waals surface area contributed by atoms with Gasteiger partial charge in [-0.1, -0.05) is 6.92 Å². The Balaban J connectivity index is 1.75. The molecule has 2 aromatic rings. The quantitative estimate of drug-likeness (QED) is 0.897. The number of aromatic nitrogens is 4. The van der Waals surface area contributed by atoms with E-state index < -0.39 is 0 Å². The molecule has 1 aliphatic heterocycles. The highest BCUT2D eigenvalue weighted by Gasteiger charge is 2.32. The maximum atomic E-state index is 5.25. The Morgan fingerprint density at radius 1 is 1.42 bits per heavy atom. The van der Waals surface area contributed by atoms with E-state index in [1.54, 1.807) is 12.5 Å². The molecule has 0 unspecified atom stereocenters. The molecule has 100 valence electrons. The van der Waals surface area contributed by atoms with E-state index in [0.29, 0.717) is 0 Å². The summed E-state index contributed by atoms with van der Waals surface area (Å²) in [5, 5.41) is 11.4. The summed E-state index contributed by atoms with van der Waals surface area (Å²) in [6, 6.07) is 2.04. The number of nitrogens with zero attached hydrogens (tertiary/aromatic N) is 4. The van der Waals surface area contributed by atoms with Crippen LogP contribution in [0.4, 0.5) is 5.69 Å². The summed E-state index contributed by atoms with van der Waals surface area (Å²) in [5.74, 6) is 0.814. The van der Waals surface area contributed by atoms with Gasteiger partial charge in [0.2, 0.25) is 0 Å². The minimum Gasteiger partial charge on any atom is -0.383 e. The SMILES string of the molecule is Cn1cnnc1-c1cncc(NCC2(C)COC2)c1. The molecule has 0 saturated carbocycles. The summed E-state index contributed by atoms with van der Waals surface area (Å²) in [4.78, 5) is 4.25. The number of ether oxygens (including phenoxy) is 1. The van der Waals surface area contributed by atoms with E-state index in [4.69, 9.17) is 4.74 Å². The van der Waals surface area contributed by atoms with Gasteiger partial charge in [-0.2, -0.15) is 0 Å². The third-order valence-corrected chi connectivity index (χ3v) is 3.33. The molecule has 19 heavy (non-hydrogen) atoms. The van der Waals surface area contributed by atoms with Crippen LogP contribution in [0.15, 0.2) is 24.8 Å². The lowest BCUT2D eigenvalue weighted by atomic mass is 9.89. The fourth-order valence-corrected chi connectivity index (χ4v) is 2.07. The van der Waals surface area contributed by atoms with Gasteiger partial charge in [0.1, 0.15) is 6.33 Å². The third kappa shape index (κ3) is 2.44. The number of anilines is 1. The highest BCUT2D eigenvalue weighted by Crippen LogP contribution is 2.27. The second-order valence-corrected chi connectivity index (χ2v) is 5.38. The normalized spacial score (nSPS) is 16.9. The zero-order valence-corrected chi connectivity index (χ0v) is 11.1. The predicted molar refractivity (Wildman–Crippen MR) is 71.6 cm³/mol. The van der Waals surface area contributed by atoms with E-state index in [1.807, 2.05) is 23.9 Å². The minimum absolute atomic E-state index is 0.237. The van der Waals surface area contributed by atoms with Crippen molar-refractivity contribution in [3.63, 3.8) is 0 Å². The van der Waals surface area contributed by atoms with Crippen LogP contribution in [0.5, 0.6) is 0 Å². The molecule has 6 nitrogen and oxygen atoms in total. The predicted octanol–water partition coefficient (Wildman–Crippen LogP) is 1.33. The van der Waals surface area contributed by atoms with Crippen molar-refractivity contribution in [3.05, 3.63) is 24.8 Å². The van der Waals surface area contributed by atoms with E-state index in [0.717, 1.165) is 36.8 Å². The van der Waals surface area contributed by atoms with Crippen LogP contribution in [0.25, 0.3) is 11.4 Å². The molecule has 0 spiro atoms. The van der Waals surface area contributed by atoms with Crippen molar-refractivity contribution in [2.24, 2.45) is 12.5 Å². The van der Waals surface area contributed by atoms with Crippen molar-refractivity contribution in [2.75, 3.05) is 25.1 Å². The zero-order valence-electron chi connectivity index (χ0n) is 11.1. The van der Waals surface area contributed by atoms with Gasteiger partial charge in [-0.05, 0) is 6.07 Å². The molecule has 3 rings (SSSR count). The first kappa shape index (κ1) is 12.1. The van der Waals surface area contributed by atoms with Crippen molar-refractivity contribution in [1.82, 2.24) is 19.7 Å². The van der Waals surface area contributed by atoms with Crippen LogP contribution in [0.2, 0.25) is 0 Å². The second kappa shape index (κ2) is 4.62. The maximum Gasteiger partial charge on any atom is 0.165 e. The maximum absolute atomic E-state index is 5.25. The molecule has 1 aliphatic rings. The molecule has 3 heterocycles. The fraction of sp³-hybridized carbons (Fsp3) is 0.462. The highest BCUT2D eigenvalue weighted by atomic mass is 16.5. The van der Waals surface area contributed by atoms with Crippen molar-refractivity contribution in [1.29, 1.82) is 0 Å². The topological polar surface area (TPSA) is 64.9 Å². The van der Waals surface area contributed by atoms with Crippen molar-refractivity contribution in [3.8, 4) is 11.4 Å². The first-order valence-corrected chi connectivity index (χ1v) is 6.27. The molecule has 6 heteroatoms. The first-order valence-electron chi connectivity index (χ1n) is 6.27. The monoisotopic (exact) mass is 259 g/mol. The molecular weight excluding hydrogens is 242 g/mol. The second-order valence-electron chi connectivity index (χ2n) is 5.38. The number of aryl methyl sites for hydroxylation is 1. The standard InChI is InChI=1S/C13H17N5O/c1-13(7-19-8-13)6-15-11-3-10(4-14-5-11)12-17-16-9-18(12)2/h3-5,9,15H,6-8H2,1-2H3. The first-order chi connectivity index (χ1) is 9.16. The highest BCUT2D eigenvalue weighted by molar-refractivity contribution is 5.60. The van der Waals surface area contributed by atoms with E-state index >= 15 is 0 Å².